The highest BCUT2D eigenvalue weighted by Gasteiger charge is 2.32. The molecule has 0 spiro atoms. The molecule has 1 fully saturated rings. The van der Waals surface area contributed by atoms with Crippen LogP contribution in [-0.4, -0.2) is 33.3 Å². The fraction of sp³-hybridized carbons (Fsp3) is 0.375. The average Bonchev–Trinajstić information content (AvgIpc) is 2.71. The van der Waals surface area contributed by atoms with E-state index in [9.17, 15) is 9.59 Å². The normalized spacial score (nSPS) is 21.0. The Morgan fingerprint density at radius 1 is 1.73 bits per heavy atom. The van der Waals surface area contributed by atoms with Crippen LogP contribution >= 0.6 is 15.9 Å². The number of oxazole rings is 1. The van der Waals surface area contributed by atoms with Gasteiger partial charge in [-0.3, -0.25) is 9.69 Å². The number of anilines is 1. The largest absolute Gasteiger partial charge is 0.475 e. The lowest BCUT2D eigenvalue weighted by Gasteiger charge is -2.09. The molecular formula is C8H7BrN2O4. The van der Waals surface area contributed by atoms with Crippen LogP contribution in [-0.2, 0) is 4.79 Å². The van der Waals surface area contributed by atoms with Crippen LogP contribution in [0.15, 0.2) is 10.6 Å². The van der Waals surface area contributed by atoms with Crippen LogP contribution in [0.5, 0.6) is 0 Å². The summed E-state index contributed by atoms with van der Waals surface area (Å²) in [6.07, 6.45) is 1.46. The zero-order valence-electron chi connectivity index (χ0n) is 7.51. The summed E-state index contributed by atoms with van der Waals surface area (Å²) < 4.78 is 4.92. The molecule has 1 atom stereocenters. The third kappa shape index (κ3) is 1.87. The van der Waals surface area contributed by atoms with Crippen LogP contribution in [0.1, 0.15) is 17.0 Å². The second kappa shape index (κ2) is 3.65. The van der Waals surface area contributed by atoms with E-state index in [-0.39, 0.29) is 22.5 Å². The maximum absolute atomic E-state index is 11.4. The summed E-state index contributed by atoms with van der Waals surface area (Å²) in [5.74, 6) is -1.60. The van der Waals surface area contributed by atoms with E-state index in [1.807, 2.05) is 0 Å². The number of carbonyl (C=O) groups excluding carboxylic acids is 1. The fourth-order valence-corrected chi connectivity index (χ4v) is 1.90. The van der Waals surface area contributed by atoms with Gasteiger partial charge in [-0.25, -0.2) is 9.78 Å². The highest BCUT2D eigenvalue weighted by Crippen LogP contribution is 2.24. The second-order valence-corrected chi connectivity index (χ2v) is 4.41. The Hall–Kier alpha value is -1.37. The van der Waals surface area contributed by atoms with E-state index in [2.05, 4.69) is 20.9 Å². The minimum atomic E-state index is -1.20. The standard InChI is InChI=1S/C8H7BrN2O4/c9-4-1-6(12)11(3-4)8-10-2-5(15-8)7(13)14/h2,4H,1,3H2,(H,13,14). The minimum absolute atomic E-state index is 0.0411. The molecule has 0 radical (unpaired) electrons. The van der Waals surface area contributed by atoms with Crippen molar-refractivity contribution in [3.05, 3.63) is 12.0 Å². The third-order valence-electron chi connectivity index (χ3n) is 2.01. The number of amides is 1. The Morgan fingerprint density at radius 2 is 2.47 bits per heavy atom. The van der Waals surface area contributed by atoms with Crippen molar-refractivity contribution in [3.63, 3.8) is 0 Å². The Balaban J connectivity index is 2.23. The number of hydrogen-bond donors (Lipinski definition) is 1. The van der Waals surface area contributed by atoms with Crippen molar-refractivity contribution in [1.82, 2.24) is 4.98 Å². The first-order valence-electron chi connectivity index (χ1n) is 4.21. The molecule has 0 bridgehead atoms. The fourth-order valence-electron chi connectivity index (χ4n) is 1.34. The molecule has 1 amide bonds. The molecule has 1 aliphatic rings. The number of carbonyl (C=O) groups is 2. The van der Waals surface area contributed by atoms with Crippen molar-refractivity contribution in [2.45, 2.75) is 11.2 Å². The van der Waals surface area contributed by atoms with Gasteiger partial charge in [0.2, 0.25) is 11.7 Å². The molecule has 1 unspecified atom stereocenters. The van der Waals surface area contributed by atoms with Crippen LogP contribution < -0.4 is 4.90 Å². The highest BCUT2D eigenvalue weighted by molar-refractivity contribution is 9.09. The molecule has 2 rings (SSSR count). The SMILES string of the molecule is O=C(O)c1cnc(N2CC(Br)CC2=O)o1. The topological polar surface area (TPSA) is 83.6 Å². The van der Waals surface area contributed by atoms with Gasteiger partial charge in [-0.2, -0.15) is 0 Å². The summed E-state index contributed by atoms with van der Waals surface area (Å²) in [4.78, 5) is 27.1. The molecule has 0 aromatic carbocycles. The van der Waals surface area contributed by atoms with E-state index in [0.29, 0.717) is 13.0 Å². The number of hydrogen-bond acceptors (Lipinski definition) is 4. The zero-order valence-corrected chi connectivity index (χ0v) is 9.10. The molecule has 1 N–H and O–H groups in total. The monoisotopic (exact) mass is 274 g/mol. The van der Waals surface area contributed by atoms with Gasteiger partial charge in [-0.1, -0.05) is 15.9 Å². The highest BCUT2D eigenvalue weighted by atomic mass is 79.9. The molecule has 1 aromatic heterocycles. The van der Waals surface area contributed by atoms with Gasteiger partial charge in [0, 0.05) is 17.8 Å². The van der Waals surface area contributed by atoms with Crippen molar-refractivity contribution >= 4 is 33.8 Å². The lowest BCUT2D eigenvalue weighted by Crippen LogP contribution is -2.24. The predicted octanol–water partition coefficient (Wildman–Crippen LogP) is 0.873. The summed E-state index contributed by atoms with van der Waals surface area (Å²) in [6.45, 7) is 0.443. The third-order valence-corrected chi connectivity index (χ3v) is 2.63. The van der Waals surface area contributed by atoms with Crippen LogP contribution in [0.3, 0.4) is 0 Å². The van der Waals surface area contributed by atoms with Crippen molar-refractivity contribution in [3.8, 4) is 0 Å². The summed E-state index contributed by atoms with van der Waals surface area (Å²) in [5, 5.41) is 8.61. The quantitative estimate of drug-likeness (QED) is 0.810. The molecule has 1 saturated heterocycles. The van der Waals surface area contributed by atoms with Crippen LogP contribution in [0.2, 0.25) is 0 Å². The molecule has 1 aliphatic heterocycles. The number of aromatic carboxylic acids is 1. The molecule has 7 heteroatoms. The van der Waals surface area contributed by atoms with E-state index in [1.165, 1.54) is 4.90 Å². The van der Waals surface area contributed by atoms with Crippen molar-refractivity contribution in [2.75, 3.05) is 11.4 Å². The van der Waals surface area contributed by atoms with Crippen molar-refractivity contribution in [2.24, 2.45) is 0 Å². The molecule has 0 aliphatic carbocycles. The Labute approximate surface area is 93.0 Å². The van der Waals surface area contributed by atoms with Gasteiger partial charge in [0.25, 0.3) is 0 Å². The molecule has 2 heterocycles. The Bertz CT molecular complexity index is 417. The first-order valence-corrected chi connectivity index (χ1v) is 5.13. The minimum Gasteiger partial charge on any atom is -0.475 e. The van der Waals surface area contributed by atoms with Gasteiger partial charge in [0.1, 0.15) is 0 Å². The first-order chi connectivity index (χ1) is 7.08. The number of halogens is 1. The number of carboxylic acid groups (broad SMARTS) is 1. The Kier molecular flexibility index (Phi) is 2.47. The first kappa shape index (κ1) is 10.2. The number of nitrogens with zero attached hydrogens (tertiary/aromatic N) is 2. The lowest BCUT2D eigenvalue weighted by molar-refractivity contribution is -0.117. The number of carboxylic acids is 1. The molecule has 0 saturated carbocycles. The van der Waals surface area contributed by atoms with Crippen LogP contribution in [0.25, 0.3) is 0 Å². The van der Waals surface area contributed by atoms with Crippen molar-refractivity contribution < 1.29 is 19.1 Å². The maximum atomic E-state index is 11.4. The molecule has 6 nitrogen and oxygen atoms in total. The summed E-state index contributed by atoms with van der Waals surface area (Å²) in [5.41, 5.74) is 0. The number of rotatable bonds is 2. The zero-order chi connectivity index (χ0) is 11.0. The predicted molar refractivity (Wildman–Crippen MR) is 53.1 cm³/mol. The van der Waals surface area contributed by atoms with E-state index in [0.717, 1.165) is 6.20 Å². The molecule has 15 heavy (non-hydrogen) atoms. The number of alkyl halides is 1. The van der Waals surface area contributed by atoms with Crippen molar-refractivity contribution in [1.29, 1.82) is 0 Å². The van der Waals surface area contributed by atoms with E-state index in [4.69, 9.17) is 9.52 Å². The van der Waals surface area contributed by atoms with Gasteiger partial charge in [0.15, 0.2) is 0 Å². The van der Waals surface area contributed by atoms with E-state index in [1.54, 1.807) is 0 Å². The number of aromatic nitrogens is 1. The summed E-state index contributed by atoms with van der Waals surface area (Å²) >= 11 is 3.30. The van der Waals surface area contributed by atoms with Crippen LogP contribution in [0, 0.1) is 0 Å². The van der Waals surface area contributed by atoms with Gasteiger partial charge in [-0.15, -0.1) is 0 Å². The second-order valence-electron chi connectivity index (χ2n) is 3.12. The molecule has 1 aromatic rings. The lowest BCUT2D eigenvalue weighted by atomic mass is 10.4. The van der Waals surface area contributed by atoms with Crippen LogP contribution in [0.4, 0.5) is 6.01 Å². The summed E-state index contributed by atoms with van der Waals surface area (Å²) in [7, 11) is 0. The van der Waals surface area contributed by atoms with E-state index >= 15 is 0 Å². The molecular weight excluding hydrogens is 268 g/mol. The average molecular weight is 275 g/mol. The maximum Gasteiger partial charge on any atom is 0.373 e. The smallest absolute Gasteiger partial charge is 0.373 e. The van der Waals surface area contributed by atoms with Gasteiger partial charge < -0.3 is 9.52 Å². The van der Waals surface area contributed by atoms with E-state index < -0.39 is 5.97 Å². The van der Waals surface area contributed by atoms with Gasteiger partial charge in [0.05, 0.1) is 6.20 Å². The van der Waals surface area contributed by atoms with Gasteiger partial charge in [-0.05, 0) is 0 Å². The van der Waals surface area contributed by atoms with Gasteiger partial charge >= 0.3 is 12.0 Å². The molecule has 80 valence electrons. The summed E-state index contributed by atoms with van der Waals surface area (Å²) in [6, 6.07) is 0.0411. The Morgan fingerprint density at radius 3 is 2.93 bits per heavy atom.